The highest BCUT2D eigenvalue weighted by molar-refractivity contribution is 7.89. The fourth-order valence-corrected chi connectivity index (χ4v) is 5.85. The molecule has 0 spiro atoms. The van der Waals surface area contributed by atoms with E-state index in [9.17, 15) is 8.42 Å². The van der Waals surface area contributed by atoms with Gasteiger partial charge in [0.2, 0.25) is 10.0 Å². The smallest absolute Gasteiger partial charge is 0.214 e. The molecule has 1 saturated heterocycles. The fourth-order valence-electron chi connectivity index (χ4n) is 4.36. The Bertz CT molecular complexity index is 415. The van der Waals surface area contributed by atoms with Crippen LogP contribution >= 0.6 is 0 Å². The average Bonchev–Trinajstić information content (AvgIpc) is 3.01. The number of rotatable bonds is 4. The van der Waals surface area contributed by atoms with E-state index in [2.05, 4.69) is 4.90 Å². The molecule has 2 aliphatic carbocycles. The highest BCUT2D eigenvalue weighted by Crippen LogP contribution is 2.46. The summed E-state index contributed by atoms with van der Waals surface area (Å²) in [5, 5.41) is 0. The molecular formula is C14H26N2O2S. The minimum atomic E-state index is -2.98. The van der Waals surface area contributed by atoms with Crippen LogP contribution in [0, 0.1) is 11.8 Å². The molecule has 0 aromatic heterocycles. The third-order valence-electron chi connectivity index (χ3n) is 5.30. The molecule has 3 fully saturated rings. The number of sulfonamides is 1. The molecule has 0 amide bonds. The molecule has 19 heavy (non-hydrogen) atoms. The highest BCUT2D eigenvalue weighted by atomic mass is 32.2. The Labute approximate surface area is 117 Å². The third kappa shape index (κ3) is 2.69. The van der Waals surface area contributed by atoms with E-state index in [1.165, 1.54) is 25.7 Å². The monoisotopic (exact) mass is 286 g/mol. The largest absolute Gasteiger partial charge is 0.297 e. The molecule has 2 saturated carbocycles. The van der Waals surface area contributed by atoms with E-state index in [1.54, 1.807) is 4.31 Å². The maximum atomic E-state index is 12.0. The highest BCUT2D eigenvalue weighted by Gasteiger charge is 2.43. The minimum Gasteiger partial charge on any atom is -0.297 e. The van der Waals surface area contributed by atoms with E-state index in [1.807, 2.05) is 6.92 Å². The van der Waals surface area contributed by atoms with Crippen molar-refractivity contribution < 1.29 is 8.42 Å². The van der Waals surface area contributed by atoms with Gasteiger partial charge in [0.15, 0.2) is 0 Å². The van der Waals surface area contributed by atoms with Crippen LogP contribution in [-0.4, -0.2) is 55.6 Å². The summed E-state index contributed by atoms with van der Waals surface area (Å²) in [5.41, 5.74) is 0. The second-order valence-corrected chi connectivity index (χ2v) is 8.58. The Morgan fingerprint density at radius 2 is 1.79 bits per heavy atom. The molecule has 0 aromatic rings. The Balaban J connectivity index is 1.55. The van der Waals surface area contributed by atoms with Crippen molar-refractivity contribution in [2.24, 2.45) is 11.8 Å². The lowest BCUT2D eigenvalue weighted by molar-refractivity contribution is 0.101. The summed E-state index contributed by atoms with van der Waals surface area (Å²) >= 11 is 0. The third-order valence-corrected chi connectivity index (χ3v) is 7.37. The van der Waals surface area contributed by atoms with Gasteiger partial charge < -0.3 is 0 Å². The van der Waals surface area contributed by atoms with Crippen LogP contribution in [0.2, 0.25) is 0 Å². The average molecular weight is 286 g/mol. The van der Waals surface area contributed by atoms with E-state index < -0.39 is 10.0 Å². The van der Waals surface area contributed by atoms with E-state index in [-0.39, 0.29) is 0 Å². The molecule has 0 aromatic carbocycles. The molecule has 0 radical (unpaired) electrons. The molecule has 110 valence electrons. The zero-order chi connectivity index (χ0) is 13.5. The van der Waals surface area contributed by atoms with Gasteiger partial charge in [-0.3, -0.25) is 4.90 Å². The van der Waals surface area contributed by atoms with E-state index in [4.69, 9.17) is 0 Å². The lowest BCUT2D eigenvalue weighted by Gasteiger charge is -2.40. The number of piperazine rings is 1. The lowest BCUT2D eigenvalue weighted by Crippen LogP contribution is -2.53. The molecule has 0 unspecified atom stereocenters. The molecule has 1 heterocycles. The summed E-state index contributed by atoms with van der Waals surface area (Å²) in [6, 6.07) is 0.759. The summed E-state index contributed by atoms with van der Waals surface area (Å²) < 4.78 is 25.8. The first-order valence-electron chi connectivity index (χ1n) is 7.82. The van der Waals surface area contributed by atoms with Gasteiger partial charge in [-0.05, 0) is 37.5 Å². The van der Waals surface area contributed by atoms with Gasteiger partial charge in [-0.15, -0.1) is 0 Å². The Hall–Kier alpha value is -0.130. The van der Waals surface area contributed by atoms with Crippen LogP contribution in [0.5, 0.6) is 0 Å². The number of nitrogens with zero attached hydrogens (tertiary/aromatic N) is 2. The molecule has 0 N–H and O–H groups in total. The Morgan fingerprint density at radius 3 is 2.32 bits per heavy atom. The van der Waals surface area contributed by atoms with Crippen molar-refractivity contribution in [1.29, 1.82) is 0 Å². The quantitative estimate of drug-likeness (QED) is 0.787. The molecule has 1 aliphatic heterocycles. The topological polar surface area (TPSA) is 40.6 Å². The summed E-state index contributed by atoms with van der Waals surface area (Å²) in [6.45, 7) is 5.23. The van der Waals surface area contributed by atoms with Crippen molar-refractivity contribution in [1.82, 2.24) is 9.21 Å². The van der Waals surface area contributed by atoms with E-state index in [0.29, 0.717) is 18.8 Å². The first kappa shape index (κ1) is 13.8. The Morgan fingerprint density at radius 1 is 1.05 bits per heavy atom. The molecule has 4 nitrogen and oxygen atoms in total. The van der Waals surface area contributed by atoms with Gasteiger partial charge in [-0.25, -0.2) is 8.42 Å². The molecule has 2 bridgehead atoms. The maximum absolute atomic E-state index is 12.0. The van der Waals surface area contributed by atoms with Crippen LogP contribution in [0.3, 0.4) is 0 Å². The van der Waals surface area contributed by atoms with Gasteiger partial charge in [0.25, 0.3) is 0 Å². The van der Waals surface area contributed by atoms with Gasteiger partial charge in [-0.1, -0.05) is 13.3 Å². The molecular weight excluding hydrogens is 260 g/mol. The minimum absolute atomic E-state index is 0.307. The van der Waals surface area contributed by atoms with Gasteiger partial charge in [0.1, 0.15) is 0 Å². The van der Waals surface area contributed by atoms with E-state index in [0.717, 1.165) is 37.4 Å². The predicted molar refractivity (Wildman–Crippen MR) is 76.5 cm³/mol. The van der Waals surface area contributed by atoms with Crippen LogP contribution in [0.4, 0.5) is 0 Å². The SMILES string of the molecule is CCCS(=O)(=O)N1CCN([C@H]2C[C@H]3CC[C@H]2C3)CC1. The molecule has 5 heteroatoms. The maximum Gasteiger partial charge on any atom is 0.214 e. The Kier molecular flexibility index (Phi) is 3.89. The van der Waals surface area contributed by atoms with Crippen LogP contribution in [-0.2, 0) is 10.0 Å². The van der Waals surface area contributed by atoms with Gasteiger partial charge in [0.05, 0.1) is 5.75 Å². The predicted octanol–water partition coefficient (Wildman–Crippen LogP) is 1.53. The summed E-state index contributed by atoms with van der Waals surface area (Å²) in [5.74, 6) is 2.18. The van der Waals surface area contributed by atoms with Crippen molar-refractivity contribution in [3.05, 3.63) is 0 Å². The fraction of sp³-hybridized carbons (Fsp3) is 1.00. The zero-order valence-electron chi connectivity index (χ0n) is 11.9. The summed E-state index contributed by atoms with van der Waals surface area (Å²) in [7, 11) is -2.98. The summed E-state index contributed by atoms with van der Waals surface area (Å²) in [6.07, 6.45) is 6.36. The van der Waals surface area contributed by atoms with Crippen molar-refractivity contribution in [3.8, 4) is 0 Å². The first-order chi connectivity index (χ1) is 9.10. The number of hydrogen-bond acceptors (Lipinski definition) is 3. The lowest BCUT2D eigenvalue weighted by atomic mass is 9.93. The van der Waals surface area contributed by atoms with Gasteiger partial charge >= 0.3 is 0 Å². The number of fused-ring (bicyclic) bond motifs is 2. The zero-order valence-corrected chi connectivity index (χ0v) is 12.7. The summed E-state index contributed by atoms with van der Waals surface area (Å²) in [4.78, 5) is 2.57. The standard InChI is InChI=1S/C14H26N2O2S/c1-2-9-19(17,18)16-7-5-15(6-8-16)14-11-12-3-4-13(14)10-12/h12-14H,2-11H2,1H3/t12-,13-,14-/m0/s1. The molecule has 3 rings (SSSR count). The van der Waals surface area contributed by atoms with Gasteiger partial charge in [0, 0.05) is 32.2 Å². The second-order valence-electron chi connectivity index (χ2n) is 6.49. The second kappa shape index (κ2) is 5.34. The number of hydrogen-bond donors (Lipinski definition) is 0. The van der Waals surface area contributed by atoms with Crippen molar-refractivity contribution in [3.63, 3.8) is 0 Å². The van der Waals surface area contributed by atoms with Crippen molar-refractivity contribution in [2.75, 3.05) is 31.9 Å². The first-order valence-corrected chi connectivity index (χ1v) is 9.43. The van der Waals surface area contributed by atoms with E-state index >= 15 is 0 Å². The molecule has 3 atom stereocenters. The molecule has 3 aliphatic rings. The van der Waals surface area contributed by atoms with Crippen molar-refractivity contribution in [2.45, 2.75) is 45.1 Å². The van der Waals surface area contributed by atoms with Crippen LogP contribution in [0.15, 0.2) is 0 Å². The van der Waals surface area contributed by atoms with Crippen LogP contribution in [0.1, 0.15) is 39.0 Å². The van der Waals surface area contributed by atoms with Crippen LogP contribution in [0.25, 0.3) is 0 Å². The normalized spacial score (nSPS) is 37.0. The van der Waals surface area contributed by atoms with Gasteiger partial charge in [-0.2, -0.15) is 4.31 Å². The van der Waals surface area contributed by atoms with Crippen molar-refractivity contribution >= 4 is 10.0 Å². The van der Waals surface area contributed by atoms with Crippen LogP contribution < -0.4 is 0 Å².